The number of aliphatic imine (C=N–C) groups is 1. The molecule has 1 aliphatic rings. The van der Waals surface area contributed by atoms with Crippen LogP contribution < -0.4 is 15.4 Å². The minimum atomic E-state index is 0.163. The first-order chi connectivity index (χ1) is 14.2. The molecule has 0 aromatic heterocycles. The average Bonchev–Trinajstić information content (AvgIpc) is 3.22. The smallest absolute Gasteiger partial charge is 0.195 e. The summed E-state index contributed by atoms with van der Waals surface area (Å²) in [5, 5.41) is 6.73. The van der Waals surface area contributed by atoms with Crippen molar-refractivity contribution in [2.24, 2.45) is 4.99 Å². The molecule has 0 radical (unpaired) electrons. The van der Waals surface area contributed by atoms with E-state index in [1.165, 1.54) is 0 Å². The van der Waals surface area contributed by atoms with Gasteiger partial charge in [0.05, 0.1) is 18.8 Å². The van der Waals surface area contributed by atoms with Crippen LogP contribution in [0.5, 0.6) is 5.75 Å². The molecule has 1 heterocycles. The van der Waals surface area contributed by atoms with Gasteiger partial charge < -0.3 is 29.6 Å². The Morgan fingerprint density at radius 2 is 2.03 bits per heavy atom. The van der Waals surface area contributed by atoms with Crippen molar-refractivity contribution in [1.29, 1.82) is 0 Å². The van der Waals surface area contributed by atoms with Crippen LogP contribution in [-0.2, 0) is 14.2 Å². The molecule has 7 heteroatoms. The van der Waals surface area contributed by atoms with E-state index in [2.05, 4.69) is 15.6 Å². The van der Waals surface area contributed by atoms with E-state index in [0.29, 0.717) is 26.4 Å². The summed E-state index contributed by atoms with van der Waals surface area (Å²) in [5.41, 5.74) is 0.966. The molecular formula is C22H37N3O4. The molecule has 29 heavy (non-hydrogen) atoms. The summed E-state index contributed by atoms with van der Waals surface area (Å²) in [7, 11) is 1.71. The summed E-state index contributed by atoms with van der Waals surface area (Å²) in [4.78, 5) is 4.63. The number of rotatable bonds is 13. The van der Waals surface area contributed by atoms with Crippen molar-refractivity contribution in [3.05, 3.63) is 24.3 Å². The fraction of sp³-hybridized carbons (Fsp3) is 0.682. The average molecular weight is 408 g/mol. The summed E-state index contributed by atoms with van der Waals surface area (Å²) in [6.07, 6.45) is 4.50. The van der Waals surface area contributed by atoms with Crippen molar-refractivity contribution in [2.75, 3.05) is 51.9 Å². The topological polar surface area (TPSA) is 73.3 Å². The summed E-state index contributed by atoms with van der Waals surface area (Å²) in [5.74, 6) is 1.62. The molecule has 1 fully saturated rings. The van der Waals surface area contributed by atoms with E-state index in [9.17, 15) is 0 Å². The molecule has 0 spiro atoms. The SMILES string of the molecule is COCCCN=C(NCCCOCC1CCCO1)Nc1ccc(OC(C)C)cc1. The van der Waals surface area contributed by atoms with Gasteiger partial charge in [0.15, 0.2) is 5.96 Å². The van der Waals surface area contributed by atoms with Crippen molar-refractivity contribution in [3.63, 3.8) is 0 Å². The van der Waals surface area contributed by atoms with E-state index in [0.717, 1.165) is 56.2 Å². The van der Waals surface area contributed by atoms with E-state index in [1.807, 2.05) is 38.1 Å². The molecule has 1 aromatic carbocycles. The van der Waals surface area contributed by atoms with Gasteiger partial charge in [-0.25, -0.2) is 0 Å². The Balaban J connectivity index is 1.74. The zero-order valence-electron chi connectivity index (χ0n) is 18.1. The quantitative estimate of drug-likeness (QED) is 0.296. The molecule has 1 saturated heterocycles. The number of hydrogen-bond donors (Lipinski definition) is 2. The summed E-state index contributed by atoms with van der Waals surface area (Å²) < 4.78 is 22.1. The van der Waals surface area contributed by atoms with Crippen LogP contribution in [0.2, 0.25) is 0 Å². The van der Waals surface area contributed by atoms with Crippen LogP contribution in [-0.4, -0.2) is 64.8 Å². The molecule has 0 aliphatic carbocycles. The van der Waals surface area contributed by atoms with E-state index < -0.39 is 0 Å². The summed E-state index contributed by atoms with van der Waals surface area (Å²) in [6.45, 7) is 8.51. The second-order valence-electron chi connectivity index (χ2n) is 7.38. The largest absolute Gasteiger partial charge is 0.491 e. The molecule has 1 aromatic rings. The third-order valence-electron chi connectivity index (χ3n) is 4.35. The second-order valence-corrected chi connectivity index (χ2v) is 7.38. The fourth-order valence-electron chi connectivity index (χ4n) is 2.94. The Kier molecular flexibility index (Phi) is 11.5. The van der Waals surface area contributed by atoms with Gasteiger partial charge in [0.25, 0.3) is 0 Å². The van der Waals surface area contributed by atoms with Crippen molar-refractivity contribution >= 4 is 11.6 Å². The zero-order valence-corrected chi connectivity index (χ0v) is 18.1. The van der Waals surface area contributed by atoms with Crippen LogP contribution >= 0.6 is 0 Å². The molecule has 0 bridgehead atoms. The van der Waals surface area contributed by atoms with Crippen LogP contribution in [0.4, 0.5) is 5.69 Å². The van der Waals surface area contributed by atoms with E-state index in [1.54, 1.807) is 7.11 Å². The molecule has 1 aliphatic heterocycles. The van der Waals surface area contributed by atoms with E-state index in [-0.39, 0.29) is 12.2 Å². The number of methoxy groups -OCH3 is 1. The van der Waals surface area contributed by atoms with Gasteiger partial charge in [-0.05, 0) is 63.8 Å². The van der Waals surface area contributed by atoms with Crippen molar-refractivity contribution < 1.29 is 18.9 Å². The molecule has 1 atom stereocenters. The van der Waals surface area contributed by atoms with Crippen molar-refractivity contribution in [1.82, 2.24) is 5.32 Å². The maximum absolute atomic E-state index is 5.72. The van der Waals surface area contributed by atoms with Gasteiger partial charge in [0, 0.05) is 45.7 Å². The van der Waals surface area contributed by atoms with Gasteiger partial charge in [-0.2, -0.15) is 0 Å². The summed E-state index contributed by atoms with van der Waals surface area (Å²) in [6, 6.07) is 7.91. The highest BCUT2D eigenvalue weighted by Gasteiger charge is 2.14. The Morgan fingerprint density at radius 1 is 1.21 bits per heavy atom. The van der Waals surface area contributed by atoms with Crippen LogP contribution in [0.3, 0.4) is 0 Å². The fourth-order valence-corrected chi connectivity index (χ4v) is 2.94. The highest BCUT2D eigenvalue weighted by Crippen LogP contribution is 2.17. The van der Waals surface area contributed by atoms with Crippen molar-refractivity contribution in [2.45, 2.75) is 51.7 Å². The highest BCUT2D eigenvalue weighted by atomic mass is 16.5. The van der Waals surface area contributed by atoms with Crippen LogP contribution in [0.25, 0.3) is 0 Å². The van der Waals surface area contributed by atoms with Gasteiger partial charge in [-0.3, -0.25) is 4.99 Å². The first-order valence-electron chi connectivity index (χ1n) is 10.7. The Bertz CT molecular complexity index is 572. The Morgan fingerprint density at radius 3 is 2.72 bits per heavy atom. The minimum absolute atomic E-state index is 0.163. The third-order valence-corrected chi connectivity index (χ3v) is 4.35. The maximum atomic E-state index is 5.72. The molecule has 7 nitrogen and oxygen atoms in total. The first-order valence-corrected chi connectivity index (χ1v) is 10.7. The first kappa shape index (κ1) is 23.4. The van der Waals surface area contributed by atoms with Crippen LogP contribution in [0.1, 0.15) is 39.5 Å². The molecular weight excluding hydrogens is 370 g/mol. The van der Waals surface area contributed by atoms with Gasteiger partial charge in [0.2, 0.25) is 0 Å². The van der Waals surface area contributed by atoms with E-state index in [4.69, 9.17) is 18.9 Å². The van der Waals surface area contributed by atoms with Crippen LogP contribution in [0, 0.1) is 0 Å². The number of benzene rings is 1. The highest BCUT2D eigenvalue weighted by molar-refractivity contribution is 5.93. The number of nitrogens with one attached hydrogen (secondary N) is 2. The standard InChI is InChI=1S/C22H37N3O4/c1-18(2)29-20-10-8-19(9-11-20)25-22(23-12-5-14-26-3)24-13-6-15-27-17-21-7-4-16-28-21/h8-11,18,21H,4-7,12-17H2,1-3H3,(H2,23,24,25). The number of ether oxygens (including phenoxy) is 4. The predicted molar refractivity (Wildman–Crippen MR) is 117 cm³/mol. The molecule has 2 N–H and O–H groups in total. The Hall–Kier alpha value is -1.83. The third kappa shape index (κ3) is 10.5. The number of hydrogen-bond acceptors (Lipinski definition) is 5. The van der Waals surface area contributed by atoms with Crippen molar-refractivity contribution in [3.8, 4) is 5.75 Å². The van der Waals surface area contributed by atoms with Gasteiger partial charge in [0.1, 0.15) is 5.75 Å². The molecule has 164 valence electrons. The van der Waals surface area contributed by atoms with Gasteiger partial charge in [-0.15, -0.1) is 0 Å². The maximum Gasteiger partial charge on any atom is 0.195 e. The van der Waals surface area contributed by atoms with Crippen LogP contribution in [0.15, 0.2) is 29.3 Å². The predicted octanol–water partition coefficient (Wildman–Crippen LogP) is 3.45. The van der Waals surface area contributed by atoms with E-state index >= 15 is 0 Å². The summed E-state index contributed by atoms with van der Waals surface area (Å²) >= 11 is 0. The second kappa shape index (κ2) is 14.2. The Labute approximate surface area is 175 Å². The van der Waals surface area contributed by atoms with Gasteiger partial charge in [-0.1, -0.05) is 0 Å². The zero-order chi connectivity index (χ0) is 20.7. The molecule has 0 amide bonds. The monoisotopic (exact) mass is 407 g/mol. The van der Waals surface area contributed by atoms with Gasteiger partial charge >= 0.3 is 0 Å². The lowest BCUT2D eigenvalue weighted by Gasteiger charge is -2.14. The minimum Gasteiger partial charge on any atom is -0.491 e. The number of anilines is 1. The molecule has 1 unspecified atom stereocenters. The lowest BCUT2D eigenvalue weighted by atomic mass is 10.2. The molecule has 0 saturated carbocycles. The number of nitrogens with zero attached hydrogens (tertiary/aromatic N) is 1. The number of guanidine groups is 1. The normalized spacial score (nSPS) is 17.0. The lowest BCUT2D eigenvalue weighted by Crippen LogP contribution is -2.32. The lowest BCUT2D eigenvalue weighted by molar-refractivity contribution is 0.0168. The molecule has 2 rings (SSSR count).